The van der Waals surface area contributed by atoms with E-state index >= 15 is 0 Å². The molecule has 1 atom stereocenters. The zero-order valence-electron chi connectivity index (χ0n) is 12.4. The van der Waals surface area contributed by atoms with Crippen molar-refractivity contribution < 1.29 is 13.5 Å². The van der Waals surface area contributed by atoms with Gasteiger partial charge in [-0.3, -0.25) is 4.21 Å². The van der Waals surface area contributed by atoms with Gasteiger partial charge in [0, 0.05) is 33.6 Å². The lowest BCUT2D eigenvalue weighted by Crippen LogP contribution is -2.20. The summed E-state index contributed by atoms with van der Waals surface area (Å²) in [5.74, 6) is 1.12. The molecule has 1 aliphatic carbocycles. The highest BCUT2D eigenvalue weighted by Crippen LogP contribution is 2.44. The van der Waals surface area contributed by atoms with E-state index in [4.69, 9.17) is 4.52 Å². The van der Waals surface area contributed by atoms with Crippen molar-refractivity contribution in [2.75, 3.05) is 16.9 Å². The number of urea groups is 1. The molecule has 1 aromatic heterocycles. The zero-order valence-corrected chi connectivity index (χ0v) is 13.2. The normalized spacial score (nSPS) is 15.4. The maximum atomic E-state index is 12.1. The molecule has 0 aliphatic heterocycles. The molecule has 3 rings (SSSR count). The van der Waals surface area contributed by atoms with Crippen molar-refractivity contribution >= 4 is 28.2 Å². The standard InChI is InChI=1S/C15H17N3O3S/c1-9-13(14(21-18-9)10-3-4-10)17-15(19)16-11-5-7-12(8-6-11)22(2)20/h5-8,10H,3-4H2,1-2H3,(H2,16,17,19). The molecule has 0 spiro atoms. The van der Waals surface area contributed by atoms with Crippen LogP contribution in [-0.4, -0.2) is 21.7 Å². The Hall–Kier alpha value is -2.15. The smallest absolute Gasteiger partial charge is 0.323 e. The number of aryl methyl sites for hydroxylation is 1. The summed E-state index contributed by atoms with van der Waals surface area (Å²) >= 11 is 0. The monoisotopic (exact) mass is 319 g/mol. The van der Waals surface area contributed by atoms with E-state index in [2.05, 4.69) is 15.8 Å². The molecule has 7 heteroatoms. The SMILES string of the molecule is Cc1noc(C2CC2)c1NC(=O)Nc1ccc(S(C)=O)cc1. The fourth-order valence-corrected chi connectivity index (χ4v) is 2.69. The van der Waals surface area contributed by atoms with E-state index in [1.165, 1.54) is 0 Å². The van der Waals surface area contributed by atoms with Crippen LogP contribution in [0, 0.1) is 6.92 Å². The van der Waals surface area contributed by atoms with Crippen molar-refractivity contribution in [2.45, 2.75) is 30.6 Å². The van der Waals surface area contributed by atoms with Crippen molar-refractivity contribution in [3.63, 3.8) is 0 Å². The van der Waals surface area contributed by atoms with Gasteiger partial charge >= 0.3 is 6.03 Å². The molecule has 2 aromatic rings. The van der Waals surface area contributed by atoms with Gasteiger partial charge in [-0.05, 0) is 44.0 Å². The largest absolute Gasteiger partial charge is 0.359 e. The molecule has 1 heterocycles. The van der Waals surface area contributed by atoms with Crippen LogP contribution >= 0.6 is 0 Å². The third-order valence-corrected chi connectivity index (χ3v) is 4.46. The molecular formula is C15H17N3O3S. The lowest BCUT2D eigenvalue weighted by atomic mass is 10.2. The highest BCUT2D eigenvalue weighted by atomic mass is 32.2. The average molecular weight is 319 g/mol. The maximum absolute atomic E-state index is 12.1. The molecule has 2 N–H and O–H groups in total. The van der Waals surface area contributed by atoms with Crippen LogP contribution in [0.5, 0.6) is 0 Å². The molecule has 6 nitrogen and oxygen atoms in total. The molecule has 1 aliphatic rings. The van der Waals surface area contributed by atoms with Gasteiger partial charge in [-0.2, -0.15) is 0 Å². The third kappa shape index (κ3) is 3.19. The number of hydrogen-bond donors (Lipinski definition) is 2. The minimum Gasteiger partial charge on any atom is -0.359 e. The van der Waals surface area contributed by atoms with Crippen molar-refractivity contribution in [3.8, 4) is 0 Å². The van der Waals surface area contributed by atoms with Gasteiger partial charge in [0.2, 0.25) is 0 Å². The Kier molecular flexibility index (Phi) is 3.98. The van der Waals surface area contributed by atoms with Crippen LogP contribution in [0.1, 0.15) is 30.2 Å². The predicted molar refractivity (Wildman–Crippen MR) is 84.6 cm³/mol. The average Bonchev–Trinajstić information content (AvgIpc) is 3.26. The fraction of sp³-hybridized carbons (Fsp3) is 0.333. The number of aromatic nitrogens is 1. The highest BCUT2D eigenvalue weighted by Gasteiger charge is 2.32. The lowest BCUT2D eigenvalue weighted by Gasteiger charge is -2.08. The van der Waals surface area contributed by atoms with Crippen molar-refractivity contribution in [3.05, 3.63) is 35.7 Å². The first-order valence-corrected chi connectivity index (χ1v) is 8.58. The summed E-state index contributed by atoms with van der Waals surface area (Å²) in [5.41, 5.74) is 1.97. The van der Waals surface area contributed by atoms with Gasteiger partial charge in [0.25, 0.3) is 0 Å². The van der Waals surface area contributed by atoms with Crippen LogP contribution in [-0.2, 0) is 10.8 Å². The minimum atomic E-state index is -1.03. The van der Waals surface area contributed by atoms with E-state index in [1.807, 2.05) is 0 Å². The Bertz CT molecular complexity index is 720. The second-order valence-corrected chi connectivity index (χ2v) is 6.72. The molecule has 0 saturated heterocycles. The summed E-state index contributed by atoms with van der Waals surface area (Å²) in [5, 5.41) is 9.46. The van der Waals surface area contributed by atoms with Crippen LogP contribution in [0.3, 0.4) is 0 Å². The Labute approximate surface area is 130 Å². The maximum Gasteiger partial charge on any atom is 0.323 e. The van der Waals surface area contributed by atoms with E-state index in [1.54, 1.807) is 37.4 Å². The molecule has 2 amide bonds. The van der Waals surface area contributed by atoms with Crippen molar-refractivity contribution in [1.82, 2.24) is 5.16 Å². The molecule has 1 saturated carbocycles. The molecular weight excluding hydrogens is 302 g/mol. The Morgan fingerprint density at radius 2 is 1.95 bits per heavy atom. The summed E-state index contributed by atoms with van der Waals surface area (Å²) in [6.45, 7) is 1.80. The predicted octanol–water partition coefficient (Wildman–Crippen LogP) is 3.24. The summed E-state index contributed by atoms with van der Waals surface area (Å²) in [7, 11) is -1.03. The first-order valence-electron chi connectivity index (χ1n) is 7.02. The zero-order chi connectivity index (χ0) is 15.7. The number of carbonyl (C=O) groups is 1. The van der Waals surface area contributed by atoms with Crippen LogP contribution in [0.2, 0.25) is 0 Å². The van der Waals surface area contributed by atoms with E-state index in [-0.39, 0.29) is 6.03 Å². The van der Waals surface area contributed by atoms with Gasteiger partial charge in [0.1, 0.15) is 11.4 Å². The molecule has 0 radical (unpaired) electrons. The summed E-state index contributed by atoms with van der Waals surface area (Å²) < 4.78 is 16.6. The van der Waals surface area contributed by atoms with Gasteiger partial charge < -0.3 is 15.2 Å². The molecule has 116 valence electrons. The Balaban J connectivity index is 1.67. The second-order valence-electron chi connectivity index (χ2n) is 5.34. The first kappa shape index (κ1) is 14.8. The number of rotatable bonds is 4. The fourth-order valence-electron chi connectivity index (χ4n) is 2.17. The van der Waals surface area contributed by atoms with E-state index < -0.39 is 10.8 Å². The van der Waals surface area contributed by atoms with E-state index in [0.717, 1.165) is 23.5 Å². The Morgan fingerprint density at radius 1 is 1.27 bits per heavy atom. The number of nitrogens with zero attached hydrogens (tertiary/aromatic N) is 1. The molecule has 22 heavy (non-hydrogen) atoms. The quantitative estimate of drug-likeness (QED) is 0.906. The molecule has 1 unspecified atom stereocenters. The Morgan fingerprint density at radius 3 is 2.55 bits per heavy atom. The number of amides is 2. The summed E-state index contributed by atoms with van der Waals surface area (Å²) in [6.07, 6.45) is 3.75. The van der Waals surface area contributed by atoms with Crippen LogP contribution in [0.15, 0.2) is 33.7 Å². The van der Waals surface area contributed by atoms with Gasteiger partial charge in [-0.15, -0.1) is 0 Å². The van der Waals surface area contributed by atoms with Gasteiger partial charge in [-0.25, -0.2) is 4.79 Å². The first-order chi connectivity index (χ1) is 10.5. The second kappa shape index (κ2) is 5.92. The van der Waals surface area contributed by atoms with Crippen LogP contribution in [0.4, 0.5) is 16.2 Å². The van der Waals surface area contributed by atoms with Gasteiger partial charge in [0.05, 0.1) is 0 Å². The van der Waals surface area contributed by atoms with Crippen molar-refractivity contribution in [2.24, 2.45) is 0 Å². The number of benzene rings is 1. The van der Waals surface area contributed by atoms with E-state index in [9.17, 15) is 9.00 Å². The van der Waals surface area contributed by atoms with E-state index in [0.29, 0.717) is 23.0 Å². The summed E-state index contributed by atoms with van der Waals surface area (Å²) in [4.78, 5) is 12.8. The minimum absolute atomic E-state index is 0.349. The number of carbonyl (C=O) groups excluding carboxylic acids is 1. The topological polar surface area (TPSA) is 84.2 Å². The third-order valence-electron chi connectivity index (χ3n) is 3.52. The number of hydrogen-bond acceptors (Lipinski definition) is 4. The highest BCUT2D eigenvalue weighted by molar-refractivity contribution is 7.84. The molecule has 1 aromatic carbocycles. The number of anilines is 2. The lowest BCUT2D eigenvalue weighted by molar-refractivity contribution is 0.262. The van der Waals surface area contributed by atoms with Gasteiger partial charge in [0.15, 0.2) is 5.76 Å². The van der Waals surface area contributed by atoms with Crippen molar-refractivity contribution in [1.29, 1.82) is 0 Å². The van der Waals surface area contributed by atoms with Gasteiger partial charge in [-0.1, -0.05) is 5.16 Å². The van der Waals surface area contributed by atoms with Crippen LogP contribution < -0.4 is 10.6 Å². The molecule has 1 fully saturated rings. The molecule has 0 bridgehead atoms. The summed E-state index contributed by atoms with van der Waals surface area (Å²) in [6, 6.07) is 6.55. The van der Waals surface area contributed by atoms with Crippen LogP contribution in [0.25, 0.3) is 0 Å². The number of nitrogens with one attached hydrogen (secondary N) is 2.